The maximum absolute atomic E-state index is 5.81. The maximum Gasteiger partial charge on any atom is 0.121 e. The fourth-order valence-electron chi connectivity index (χ4n) is 1.94. The van der Waals surface area contributed by atoms with E-state index < -0.39 is 0 Å². The highest BCUT2D eigenvalue weighted by Crippen LogP contribution is 2.34. The van der Waals surface area contributed by atoms with Crippen LogP contribution in [0.1, 0.15) is 30.3 Å². The molecule has 0 radical (unpaired) electrons. The van der Waals surface area contributed by atoms with Crippen molar-refractivity contribution in [3.8, 4) is 0 Å². The third-order valence-corrected chi connectivity index (χ3v) is 3.37. The predicted molar refractivity (Wildman–Crippen MR) is 62.0 cm³/mol. The molecule has 1 saturated heterocycles. The van der Waals surface area contributed by atoms with Crippen LogP contribution in [-0.4, -0.2) is 19.8 Å². The Kier molecular flexibility index (Phi) is 3.83. The molecular formula is C11H16BrNO2. The van der Waals surface area contributed by atoms with Gasteiger partial charge in [-0.1, -0.05) is 0 Å². The van der Waals surface area contributed by atoms with E-state index in [9.17, 15) is 0 Å². The normalized spacial score (nSPS) is 18.3. The molecule has 15 heavy (non-hydrogen) atoms. The second-order valence-corrected chi connectivity index (χ2v) is 4.70. The van der Waals surface area contributed by atoms with E-state index >= 15 is 0 Å². The lowest BCUT2D eigenvalue weighted by atomic mass is 9.98. The molecule has 0 unspecified atom stereocenters. The van der Waals surface area contributed by atoms with Gasteiger partial charge < -0.3 is 14.9 Å². The molecule has 1 aromatic heterocycles. The van der Waals surface area contributed by atoms with E-state index in [1.807, 2.05) is 6.07 Å². The van der Waals surface area contributed by atoms with Crippen molar-refractivity contribution in [2.75, 3.05) is 19.8 Å². The minimum absolute atomic E-state index is 0.500. The van der Waals surface area contributed by atoms with Gasteiger partial charge in [0.05, 0.1) is 4.47 Å². The summed E-state index contributed by atoms with van der Waals surface area (Å²) < 4.78 is 12.2. The maximum atomic E-state index is 5.81. The van der Waals surface area contributed by atoms with Crippen LogP contribution >= 0.6 is 15.9 Å². The summed E-state index contributed by atoms with van der Waals surface area (Å²) >= 11 is 3.55. The Hall–Kier alpha value is -0.320. The average molecular weight is 274 g/mol. The molecule has 0 bridgehead atoms. The largest absolute Gasteiger partial charge is 0.465 e. The van der Waals surface area contributed by atoms with Gasteiger partial charge in [0.15, 0.2) is 0 Å². The molecule has 4 heteroatoms. The average Bonchev–Trinajstić information content (AvgIpc) is 2.61. The van der Waals surface area contributed by atoms with Gasteiger partial charge in [-0.3, -0.25) is 0 Å². The summed E-state index contributed by atoms with van der Waals surface area (Å²) in [5.74, 6) is 2.55. The first-order chi connectivity index (χ1) is 7.31. The summed E-state index contributed by atoms with van der Waals surface area (Å²) in [6.07, 6.45) is 2.91. The van der Waals surface area contributed by atoms with Crippen LogP contribution in [0, 0.1) is 0 Å². The molecule has 2 N–H and O–H groups in total. The van der Waals surface area contributed by atoms with Gasteiger partial charge in [-0.25, -0.2) is 0 Å². The zero-order valence-corrected chi connectivity index (χ0v) is 10.3. The minimum atomic E-state index is 0.500. The van der Waals surface area contributed by atoms with Gasteiger partial charge in [-0.15, -0.1) is 0 Å². The Balaban J connectivity index is 2.11. The van der Waals surface area contributed by atoms with E-state index in [2.05, 4.69) is 15.9 Å². The predicted octanol–water partition coefficient (Wildman–Crippen LogP) is 2.44. The molecule has 3 nitrogen and oxygen atoms in total. The lowest BCUT2D eigenvalue weighted by Crippen LogP contribution is -2.13. The highest BCUT2D eigenvalue weighted by molar-refractivity contribution is 9.10. The van der Waals surface area contributed by atoms with Gasteiger partial charge in [-0.05, 0) is 41.4 Å². The van der Waals surface area contributed by atoms with Crippen LogP contribution in [0.15, 0.2) is 15.0 Å². The van der Waals surface area contributed by atoms with Gasteiger partial charge >= 0.3 is 0 Å². The number of nitrogens with two attached hydrogens (primary N) is 1. The van der Waals surface area contributed by atoms with Crippen molar-refractivity contribution in [2.24, 2.45) is 5.73 Å². The van der Waals surface area contributed by atoms with E-state index in [-0.39, 0.29) is 0 Å². The first-order valence-electron chi connectivity index (χ1n) is 5.37. The van der Waals surface area contributed by atoms with E-state index in [0.29, 0.717) is 12.5 Å². The van der Waals surface area contributed by atoms with E-state index in [4.69, 9.17) is 14.9 Å². The fraction of sp³-hybridized carbons (Fsp3) is 0.636. The summed E-state index contributed by atoms with van der Waals surface area (Å²) in [6, 6.07) is 2.04. The van der Waals surface area contributed by atoms with Crippen molar-refractivity contribution >= 4 is 15.9 Å². The van der Waals surface area contributed by atoms with Gasteiger partial charge in [0.25, 0.3) is 0 Å². The molecule has 0 atom stereocenters. The van der Waals surface area contributed by atoms with Crippen LogP contribution in [0.4, 0.5) is 0 Å². The first-order valence-corrected chi connectivity index (χ1v) is 6.16. The second-order valence-electron chi connectivity index (χ2n) is 3.85. The topological polar surface area (TPSA) is 48.4 Å². The van der Waals surface area contributed by atoms with Gasteiger partial charge in [0, 0.05) is 25.6 Å². The van der Waals surface area contributed by atoms with Crippen molar-refractivity contribution in [2.45, 2.75) is 25.2 Å². The monoisotopic (exact) mass is 273 g/mol. The highest BCUT2D eigenvalue weighted by Gasteiger charge is 2.22. The summed E-state index contributed by atoms with van der Waals surface area (Å²) in [5, 5.41) is 0. The SMILES string of the molecule is NCCc1cc(Br)c(C2CCOCC2)o1. The van der Waals surface area contributed by atoms with Crippen molar-refractivity contribution in [3.63, 3.8) is 0 Å². The van der Waals surface area contributed by atoms with E-state index in [1.54, 1.807) is 0 Å². The smallest absolute Gasteiger partial charge is 0.121 e. The molecule has 2 heterocycles. The molecule has 1 aliphatic heterocycles. The Bertz CT molecular complexity index is 318. The molecule has 0 spiro atoms. The Morgan fingerprint density at radius 2 is 2.13 bits per heavy atom. The number of ether oxygens (including phenoxy) is 1. The molecule has 0 aliphatic carbocycles. The summed E-state index contributed by atoms with van der Waals surface area (Å²) in [7, 11) is 0. The quantitative estimate of drug-likeness (QED) is 0.920. The first kappa shape index (κ1) is 11.2. The van der Waals surface area contributed by atoms with Gasteiger partial charge in [-0.2, -0.15) is 0 Å². The van der Waals surface area contributed by atoms with Crippen LogP contribution in [0.5, 0.6) is 0 Å². The molecule has 1 aliphatic rings. The number of furan rings is 1. The number of hydrogen-bond acceptors (Lipinski definition) is 3. The second kappa shape index (κ2) is 5.14. The standard InChI is InChI=1S/C11H16BrNO2/c12-10-7-9(1-4-13)15-11(10)8-2-5-14-6-3-8/h7-8H,1-6,13H2. The van der Waals surface area contributed by atoms with Crippen LogP contribution in [0.25, 0.3) is 0 Å². The third kappa shape index (κ3) is 2.62. The van der Waals surface area contributed by atoms with Gasteiger partial charge in [0.2, 0.25) is 0 Å². The molecule has 0 amide bonds. The van der Waals surface area contributed by atoms with Crippen LogP contribution in [0.3, 0.4) is 0 Å². The summed E-state index contributed by atoms with van der Waals surface area (Å²) in [4.78, 5) is 0. The molecule has 84 valence electrons. The molecule has 1 aromatic rings. The van der Waals surface area contributed by atoms with Crippen LogP contribution in [-0.2, 0) is 11.2 Å². The summed E-state index contributed by atoms with van der Waals surface area (Å²) in [6.45, 7) is 2.31. The molecule has 0 saturated carbocycles. The lowest BCUT2D eigenvalue weighted by molar-refractivity contribution is 0.0802. The van der Waals surface area contributed by atoms with Crippen molar-refractivity contribution in [1.29, 1.82) is 0 Å². The van der Waals surface area contributed by atoms with Gasteiger partial charge in [0.1, 0.15) is 11.5 Å². The highest BCUT2D eigenvalue weighted by atomic mass is 79.9. The van der Waals surface area contributed by atoms with Crippen molar-refractivity contribution < 1.29 is 9.15 Å². The number of hydrogen-bond donors (Lipinski definition) is 1. The molecule has 2 rings (SSSR count). The minimum Gasteiger partial charge on any atom is -0.465 e. The summed E-state index contributed by atoms with van der Waals surface area (Å²) in [5.41, 5.74) is 5.50. The van der Waals surface area contributed by atoms with E-state index in [1.165, 1.54) is 0 Å². The van der Waals surface area contributed by atoms with Crippen LogP contribution in [0.2, 0.25) is 0 Å². The Labute approximate surface area is 98.1 Å². The van der Waals surface area contributed by atoms with Crippen LogP contribution < -0.4 is 5.73 Å². The zero-order valence-electron chi connectivity index (χ0n) is 8.67. The lowest BCUT2D eigenvalue weighted by Gasteiger charge is -2.20. The van der Waals surface area contributed by atoms with E-state index in [0.717, 1.165) is 48.5 Å². The Morgan fingerprint density at radius 3 is 2.80 bits per heavy atom. The fourth-order valence-corrected chi connectivity index (χ4v) is 2.60. The third-order valence-electron chi connectivity index (χ3n) is 2.75. The van der Waals surface area contributed by atoms with Crippen molar-refractivity contribution in [3.05, 3.63) is 22.1 Å². The van der Waals surface area contributed by atoms with Crippen molar-refractivity contribution in [1.82, 2.24) is 0 Å². The molecule has 1 fully saturated rings. The number of rotatable bonds is 3. The molecule has 0 aromatic carbocycles. The molecular weight excluding hydrogens is 258 g/mol. The zero-order chi connectivity index (χ0) is 10.7. The Morgan fingerprint density at radius 1 is 1.40 bits per heavy atom. The number of halogens is 1.